The number of hydrogen-bond acceptors (Lipinski definition) is 6. The molecule has 0 unspecified atom stereocenters. The van der Waals surface area contributed by atoms with Crippen molar-refractivity contribution < 1.29 is 18.0 Å². The molecule has 0 saturated heterocycles. The highest BCUT2D eigenvalue weighted by atomic mass is 19.4. The molecule has 0 aliphatic carbocycles. The second kappa shape index (κ2) is 5.86. The lowest BCUT2D eigenvalue weighted by Crippen LogP contribution is -2.21. The molecule has 0 aromatic carbocycles. The molecule has 148 valence electrons. The molecule has 1 amide bonds. The number of imidazole rings is 2. The Labute approximate surface area is 159 Å². The van der Waals surface area contributed by atoms with Crippen molar-refractivity contribution in [3.63, 3.8) is 0 Å². The molecule has 0 radical (unpaired) electrons. The summed E-state index contributed by atoms with van der Waals surface area (Å²) in [4.78, 5) is 32.6. The van der Waals surface area contributed by atoms with Gasteiger partial charge in [-0.05, 0) is 0 Å². The molecule has 5 heterocycles. The summed E-state index contributed by atoms with van der Waals surface area (Å²) in [6, 6.07) is 0. The predicted octanol–water partition coefficient (Wildman–Crippen LogP) is 1.79. The fourth-order valence-electron chi connectivity index (χ4n) is 3.28. The Kier molecular flexibility index (Phi) is 3.50. The standard InChI is InChI=1S/C16H12F3N9O/c1-7(29)27-3-8-4-28-12(9-2-20-6-21-9)11(23-15(28)22-10(8)5-27)13-24-14(26-25-13)16(17,18)19/h2,4,6H,3,5H2,1H3,(H,20,21)(H,24,25,26). The predicted molar refractivity (Wildman–Crippen MR) is 90.9 cm³/mol. The highest BCUT2D eigenvalue weighted by molar-refractivity contribution is 5.77. The maximum absolute atomic E-state index is 12.9. The molecule has 2 N–H and O–H groups in total. The lowest BCUT2D eigenvalue weighted by molar-refractivity contribution is -0.144. The van der Waals surface area contributed by atoms with Crippen LogP contribution in [0.3, 0.4) is 0 Å². The smallest absolute Gasteiger partial charge is 0.343 e. The molecule has 4 aromatic rings. The number of aromatic amines is 2. The molecule has 5 rings (SSSR count). The third-order valence-electron chi connectivity index (χ3n) is 4.65. The average Bonchev–Trinajstić information content (AvgIpc) is 3.41. The summed E-state index contributed by atoms with van der Waals surface area (Å²) in [7, 11) is 0. The van der Waals surface area contributed by atoms with Gasteiger partial charge < -0.3 is 9.88 Å². The van der Waals surface area contributed by atoms with Gasteiger partial charge in [-0.25, -0.2) is 19.9 Å². The van der Waals surface area contributed by atoms with Crippen LogP contribution in [-0.4, -0.2) is 50.3 Å². The highest BCUT2D eigenvalue weighted by Gasteiger charge is 2.37. The average molecular weight is 403 g/mol. The molecule has 1 aliphatic heterocycles. The largest absolute Gasteiger partial charge is 0.453 e. The number of aromatic nitrogens is 8. The van der Waals surface area contributed by atoms with Crippen molar-refractivity contribution in [2.45, 2.75) is 26.2 Å². The van der Waals surface area contributed by atoms with E-state index in [-0.39, 0.29) is 23.2 Å². The fraction of sp³-hybridized carbons (Fsp3) is 0.250. The van der Waals surface area contributed by atoms with Gasteiger partial charge in [0.1, 0.15) is 11.4 Å². The lowest BCUT2D eigenvalue weighted by atomic mass is 10.2. The van der Waals surface area contributed by atoms with E-state index in [0.717, 1.165) is 5.56 Å². The van der Waals surface area contributed by atoms with Gasteiger partial charge >= 0.3 is 6.18 Å². The zero-order valence-electron chi connectivity index (χ0n) is 14.8. The van der Waals surface area contributed by atoms with E-state index in [1.807, 2.05) is 0 Å². The minimum absolute atomic E-state index is 0.0727. The first kappa shape index (κ1) is 17.3. The quantitative estimate of drug-likeness (QED) is 0.526. The normalized spacial score (nSPS) is 14.0. The minimum atomic E-state index is -4.68. The van der Waals surface area contributed by atoms with Crippen LogP contribution >= 0.6 is 0 Å². The first-order valence-corrected chi connectivity index (χ1v) is 8.46. The van der Waals surface area contributed by atoms with Crippen LogP contribution in [0.25, 0.3) is 28.7 Å². The van der Waals surface area contributed by atoms with E-state index in [1.54, 1.807) is 15.5 Å². The molecule has 13 heteroatoms. The number of halogens is 3. The summed E-state index contributed by atoms with van der Waals surface area (Å²) in [5.74, 6) is -1.24. The third kappa shape index (κ3) is 2.73. The summed E-state index contributed by atoms with van der Waals surface area (Å²) in [5.41, 5.74) is 2.61. The van der Waals surface area contributed by atoms with Crippen LogP contribution < -0.4 is 0 Å². The molecule has 1 aliphatic rings. The maximum Gasteiger partial charge on any atom is 0.453 e. The van der Waals surface area contributed by atoms with E-state index < -0.39 is 12.0 Å². The van der Waals surface area contributed by atoms with Gasteiger partial charge in [0.2, 0.25) is 11.7 Å². The van der Waals surface area contributed by atoms with Crippen LogP contribution in [-0.2, 0) is 24.1 Å². The number of fused-ring (bicyclic) bond motifs is 2. The Morgan fingerprint density at radius 3 is 2.69 bits per heavy atom. The molecule has 10 nitrogen and oxygen atoms in total. The van der Waals surface area contributed by atoms with E-state index >= 15 is 0 Å². The fourth-order valence-corrected chi connectivity index (χ4v) is 3.28. The van der Waals surface area contributed by atoms with Crippen LogP contribution in [0.4, 0.5) is 13.2 Å². The molecule has 0 atom stereocenters. The Morgan fingerprint density at radius 1 is 1.21 bits per heavy atom. The monoisotopic (exact) mass is 403 g/mol. The zero-order chi connectivity index (χ0) is 20.3. The number of alkyl halides is 3. The number of amides is 1. The molecule has 0 bridgehead atoms. The summed E-state index contributed by atoms with van der Waals surface area (Å²) < 4.78 is 40.4. The van der Waals surface area contributed by atoms with Crippen LogP contribution in [0.5, 0.6) is 0 Å². The number of H-pyrrole nitrogens is 2. The SMILES string of the molecule is CC(=O)N1Cc2cn3c(-c4cnc[nH]4)c(-c4nc(C(F)(F)F)n[nH]4)nc3nc2C1. The lowest BCUT2D eigenvalue weighted by Gasteiger charge is -2.10. The van der Waals surface area contributed by atoms with E-state index in [2.05, 4.69) is 35.1 Å². The Morgan fingerprint density at radius 2 is 2.03 bits per heavy atom. The van der Waals surface area contributed by atoms with Crippen molar-refractivity contribution in [3.8, 4) is 22.9 Å². The molecular formula is C16H12F3N9O. The molecule has 4 aromatic heterocycles. The Balaban J connectivity index is 1.70. The Bertz CT molecular complexity index is 1240. The van der Waals surface area contributed by atoms with E-state index in [1.165, 1.54) is 19.4 Å². The van der Waals surface area contributed by atoms with Gasteiger partial charge in [-0.2, -0.15) is 13.2 Å². The molecule has 0 spiro atoms. The summed E-state index contributed by atoms with van der Waals surface area (Å²) >= 11 is 0. The van der Waals surface area contributed by atoms with E-state index in [9.17, 15) is 18.0 Å². The Hall–Kier alpha value is -3.77. The third-order valence-corrected chi connectivity index (χ3v) is 4.65. The first-order chi connectivity index (χ1) is 13.8. The molecule has 0 fully saturated rings. The van der Waals surface area contributed by atoms with E-state index in [4.69, 9.17) is 0 Å². The van der Waals surface area contributed by atoms with Gasteiger partial charge in [-0.1, -0.05) is 0 Å². The van der Waals surface area contributed by atoms with Crippen molar-refractivity contribution >= 4 is 11.7 Å². The number of carbonyl (C=O) groups is 1. The van der Waals surface area contributed by atoms with Gasteiger partial charge in [0, 0.05) is 25.2 Å². The van der Waals surface area contributed by atoms with Gasteiger partial charge in [0.15, 0.2) is 5.82 Å². The second-order valence-corrected chi connectivity index (χ2v) is 6.54. The number of nitrogens with zero attached hydrogens (tertiary/aromatic N) is 7. The van der Waals surface area contributed by atoms with Crippen LogP contribution in [0, 0.1) is 0 Å². The summed E-state index contributed by atoms with van der Waals surface area (Å²) in [6.45, 7) is 2.22. The summed E-state index contributed by atoms with van der Waals surface area (Å²) in [5, 5.41) is 5.55. The molecule has 0 saturated carbocycles. The topological polar surface area (TPSA) is 121 Å². The van der Waals surface area contributed by atoms with Crippen molar-refractivity contribution in [1.29, 1.82) is 0 Å². The van der Waals surface area contributed by atoms with Crippen LogP contribution in [0.15, 0.2) is 18.7 Å². The zero-order valence-corrected chi connectivity index (χ0v) is 14.8. The van der Waals surface area contributed by atoms with Crippen molar-refractivity contribution in [1.82, 2.24) is 44.4 Å². The summed E-state index contributed by atoms with van der Waals surface area (Å²) in [6.07, 6.45) is 0.0490. The van der Waals surface area contributed by atoms with Crippen molar-refractivity contribution in [2.75, 3.05) is 0 Å². The van der Waals surface area contributed by atoms with Gasteiger partial charge in [-0.3, -0.25) is 14.3 Å². The number of hydrogen-bond donors (Lipinski definition) is 2. The molecule has 29 heavy (non-hydrogen) atoms. The number of nitrogens with one attached hydrogen (secondary N) is 2. The highest BCUT2D eigenvalue weighted by Crippen LogP contribution is 2.33. The molecular weight excluding hydrogens is 391 g/mol. The van der Waals surface area contributed by atoms with Crippen molar-refractivity contribution in [3.05, 3.63) is 35.8 Å². The van der Waals surface area contributed by atoms with Gasteiger partial charge in [0.25, 0.3) is 5.82 Å². The first-order valence-electron chi connectivity index (χ1n) is 8.46. The van der Waals surface area contributed by atoms with Crippen LogP contribution in [0.2, 0.25) is 0 Å². The second-order valence-electron chi connectivity index (χ2n) is 6.54. The number of rotatable bonds is 2. The maximum atomic E-state index is 12.9. The van der Waals surface area contributed by atoms with E-state index in [0.29, 0.717) is 30.2 Å². The van der Waals surface area contributed by atoms with Crippen LogP contribution in [0.1, 0.15) is 24.0 Å². The van der Waals surface area contributed by atoms with Crippen molar-refractivity contribution in [2.24, 2.45) is 0 Å². The van der Waals surface area contributed by atoms with Gasteiger partial charge in [0.05, 0.1) is 30.5 Å². The number of carbonyl (C=O) groups excluding carboxylic acids is 1. The van der Waals surface area contributed by atoms with Gasteiger partial charge in [-0.15, -0.1) is 5.10 Å². The minimum Gasteiger partial charge on any atom is -0.343 e.